The van der Waals surface area contributed by atoms with E-state index in [4.69, 9.17) is 0 Å². The summed E-state index contributed by atoms with van der Waals surface area (Å²) < 4.78 is 2.13. The van der Waals surface area contributed by atoms with Crippen LogP contribution in [0.2, 0.25) is 0 Å². The Morgan fingerprint density at radius 1 is 1.19 bits per heavy atom. The fraction of sp³-hybridized carbons (Fsp3) is 0.350. The van der Waals surface area contributed by atoms with E-state index >= 15 is 0 Å². The maximum absolute atomic E-state index is 12.8. The summed E-state index contributed by atoms with van der Waals surface area (Å²) in [6.07, 6.45) is 3.49. The Kier molecular flexibility index (Phi) is 5.98. The first-order valence-corrected chi connectivity index (χ1v) is 10.0. The fourth-order valence-electron chi connectivity index (χ4n) is 3.15. The minimum atomic E-state index is -0.367. The molecule has 1 aromatic heterocycles. The summed E-state index contributed by atoms with van der Waals surface area (Å²) >= 11 is 2.08. The number of halogens is 1. The van der Waals surface area contributed by atoms with Gasteiger partial charge < -0.3 is 14.8 Å². The summed E-state index contributed by atoms with van der Waals surface area (Å²) in [5.74, 6) is 0.146. The van der Waals surface area contributed by atoms with Crippen molar-refractivity contribution < 1.29 is 9.59 Å². The van der Waals surface area contributed by atoms with Crippen molar-refractivity contribution in [3.05, 3.63) is 61.6 Å². The number of likely N-dealkylation sites (tertiary alicyclic amines) is 1. The molecule has 2 aromatic rings. The van der Waals surface area contributed by atoms with Crippen LogP contribution in [0.5, 0.6) is 0 Å². The number of carbonyl (C=O) groups excluding carboxylic acids is 2. The Morgan fingerprint density at radius 3 is 2.52 bits per heavy atom. The van der Waals surface area contributed by atoms with Gasteiger partial charge in [-0.1, -0.05) is 19.1 Å². The van der Waals surface area contributed by atoms with Gasteiger partial charge in [0, 0.05) is 29.9 Å². The zero-order valence-electron chi connectivity index (χ0n) is 15.4. The lowest BCUT2D eigenvalue weighted by Gasteiger charge is -2.30. The summed E-state index contributed by atoms with van der Waals surface area (Å²) in [5.41, 5.74) is 0.656. The summed E-state index contributed by atoms with van der Waals surface area (Å²) in [6, 6.07) is 8.62. The van der Waals surface area contributed by atoms with Gasteiger partial charge in [-0.3, -0.25) is 14.4 Å². The van der Waals surface area contributed by atoms with Gasteiger partial charge in [0.15, 0.2) is 0 Å². The van der Waals surface area contributed by atoms with Crippen molar-refractivity contribution in [3.63, 3.8) is 0 Å². The van der Waals surface area contributed by atoms with Gasteiger partial charge in [0.2, 0.25) is 0 Å². The number of rotatable bonds is 3. The molecule has 27 heavy (non-hydrogen) atoms. The maximum Gasteiger partial charge on any atom is 0.274 e. The first-order chi connectivity index (χ1) is 12.9. The molecule has 1 aromatic carbocycles. The van der Waals surface area contributed by atoms with Gasteiger partial charge in [-0.2, -0.15) is 0 Å². The molecule has 1 aliphatic rings. The Labute approximate surface area is 171 Å². The Hall–Kier alpha value is -2.16. The number of aryl methyl sites for hydroxylation is 1. The summed E-state index contributed by atoms with van der Waals surface area (Å²) in [4.78, 5) is 39.6. The van der Waals surface area contributed by atoms with Crippen molar-refractivity contribution in [1.82, 2.24) is 9.47 Å². The van der Waals surface area contributed by atoms with Crippen molar-refractivity contribution in [1.29, 1.82) is 0 Å². The van der Waals surface area contributed by atoms with E-state index in [9.17, 15) is 14.4 Å². The maximum atomic E-state index is 12.8. The van der Waals surface area contributed by atoms with E-state index in [1.54, 1.807) is 19.2 Å². The predicted octanol–water partition coefficient (Wildman–Crippen LogP) is 3.11. The number of nitrogens with one attached hydrogen (secondary N) is 1. The quantitative estimate of drug-likeness (QED) is 0.688. The molecule has 1 aliphatic heterocycles. The van der Waals surface area contributed by atoms with Crippen LogP contribution < -0.4 is 10.9 Å². The van der Waals surface area contributed by atoms with E-state index in [-0.39, 0.29) is 23.1 Å². The molecule has 142 valence electrons. The molecular formula is C20H22IN3O3. The molecule has 1 fully saturated rings. The molecule has 0 radical (unpaired) electrons. The summed E-state index contributed by atoms with van der Waals surface area (Å²) in [7, 11) is 1.58. The third-order valence-corrected chi connectivity index (χ3v) is 5.81. The number of piperidine rings is 1. The van der Waals surface area contributed by atoms with Crippen LogP contribution in [0.1, 0.15) is 40.5 Å². The third kappa shape index (κ3) is 4.40. The second kappa shape index (κ2) is 8.24. The molecule has 1 saturated heterocycles. The van der Waals surface area contributed by atoms with Gasteiger partial charge in [-0.15, -0.1) is 0 Å². The van der Waals surface area contributed by atoms with Crippen molar-refractivity contribution in [2.24, 2.45) is 13.0 Å². The second-order valence-corrected chi connectivity index (χ2v) is 8.13. The highest BCUT2D eigenvalue weighted by molar-refractivity contribution is 14.1. The molecule has 1 N–H and O–H groups in total. The lowest BCUT2D eigenvalue weighted by molar-refractivity contribution is 0.0696. The molecule has 7 heteroatoms. The number of anilines is 1. The van der Waals surface area contributed by atoms with Crippen LogP contribution >= 0.6 is 22.6 Å². The highest BCUT2D eigenvalue weighted by atomic mass is 127. The molecule has 0 aliphatic carbocycles. The monoisotopic (exact) mass is 479 g/mol. The molecule has 0 spiro atoms. The highest BCUT2D eigenvalue weighted by Gasteiger charge is 2.23. The summed E-state index contributed by atoms with van der Waals surface area (Å²) in [6.45, 7) is 3.62. The first-order valence-electron chi connectivity index (χ1n) is 8.92. The number of benzene rings is 1. The molecular weight excluding hydrogens is 457 g/mol. The molecule has 0 atom stereocenters. The van der Waals surface area contributed by atoms with Gasteiger partial charge in [0.05, 0.1) is 11.1 Å². The van der Waals surface area contributed by atoms with Crippen LogP contribution in [0, 0.1) is 9.49 Å². The van der Waals surface area contributed by atoms with E-state index in [0.29, 0.717) is 30.1 Å². The number of hydrogen-bond donors (Lipinski definition) is 1. The van der Waals surface area contributed by atoms with Gasteiger partial charge in [0.25, 0.3) is 17.4 Å². The van der Waals surface area contributed by atoms with Crippen LogP contribution in [-0.4, -0.2) is 34.4 Å². The molecule has 0 bridgehead atoms. The topological polar surface area (TPSA) is 71.4 Å². The number of pyridine rings is 1. The highest BCUT2D eigenvalue weighted by Crippen LogP contribution is 2.19. The van der Waals surface area contributed by atoms with E-state index in [1.165, 1.54) is 16.8 Å². The first kappa shape index (κ1) is 19.6. The Bertz CT molecular complexity index is 930. The molecule has 0 saturated carbocycles. The van der Waals surface area contributed by atoms with Crippen molar-refractivity contribution >= 4 is 40.1 Å². The lowest BCUT2D eigenvalue weighted by Crippen LogP contribution is -2.38. The standard InChI is InChI=1S/C20H22IN3O3/c1-13-7-9-24(10-8-13)19(26)14-11-17(20(27)23(2)12-14)22-18(25)15-5-3-4-6-16(15)21/h3-6,11-13H,7-10H2,1-2H3,(H,22,25). The molecule has 2 heterocycles. The van der Waals surface area contributed by atoms with Crippen molar-refractivity contribution in [2.45, 2.75) is 19.8 Å². The summed E-state index contributed by atoms with van der Waals surface area (Å²) in [5, 5.41) is 2.67. The molecule has 6 nitrogen and oxygen atoms in total. The van der Waals surface area contributed by atoms with Gasteiger partial charge in [-0.25, -0.2) is 0 Å². The van der Waals surface area contributed by atoms with Crippen LogP contribution in [0.4, 0.5) is 5.69 Å². The number of nitrogens with zero attached hydrogens (tertiary/aromatic N) is 2. The second-order valence-electron chi connectivity index (χ2n) is 6.97. The van der Waals surface area contributed by atoms with Crippen LogP contribution in [0.15, 0.2) is 41.3 Å². The zero-order chi connectivity index (χ0) is 19.6. The van der Waals surface area contributed by atoms with Crippen LogP contribution in [-0.2, 0) is 7.05 Å². The molecule has 2 amide bonds. The number of carbonyl (C=O) groups is 2. The van der Waals surface area contributed by atoms with Crippen molar-refractivity contribution in [3.8, 4) is 0 Å². The molecule has 3 rings (SSSR count). The average molecular weight is 479 g/mol. The number of amides is 2. The Morgan fingerprint density at radius 2 is 1.85 bits per heavy atom. The average Bonchev–Trinajstić information content (AvgIpc) is 2.65. The largest absolute Gasteiger partial charge is 0.339 e. The van der Waals surface area contributed by atoms with E-state index < -0.39 is 0 Å². The number of aromatic nitrogens is 1. The van der Waals surface area contributed by atoms with Crippen LogP contribution in [0.3, 0.4) is 0 Å². The van der Waals surface area contributed by atoms with Gasteiger partial charge in [0.1, 0.15) is 5.69 Å². The smallest absolute Gasteiger partial charge is 0.274 e. The lowest BCUT2D eigenvalue weighted by atomic mass is 9.99. The molecule has 0 unspecified atom stereocenters. The van der Waals surface area contributed by atoms with Gasteiger partial charge in [-0.05, 0) is 59.5 Å². The van der Waals surface area contributed by atoms with E-state index in [1.807, 2.05) is 17.0 Å². The van der Waals surface area contributed by atoms with Gasteiger partial charge >= 0.3 is 0 Å². The minimum absolute atomic E-state index is 0.109. The normalized spacial score (nSPS) is 14.9. The fourth-order valence-corrected chi connectivity index (χ4v) is 3.78. The minimum Gasteiger partial charge on any atom is -0.339 e. The van der Waals surface area contributed by atoms with E-state index in [2.05, 4.69) is 34.8 Å². The number of hydrogen-bond acceptors (Lipinski definition) is 3. The van der Waals surface area contributed by atoms with Crippen LogP contribution in [0.25, 0.3) is 0 Å². The SMILES string of the molecule is CC1CCN(C(=O)c2cc(NC(=O)c3ccccc3I)c(=O)n(C)c2)CC1. The zero-order valence-corrected chi connectivity index (χ0v) is 17.5. The third-order valence-electron chi connectivity index (χ3n) is 4.87. The van der Waals surface area contributed by atoms with E-state index in [0.717, 1.165) is 16.4 Å². The van der Waals surface area contributed by atoms with Crippen molar-refractivity contribution in [2.75, 3.05) is 18.4 Å². The Balaban J connectivity index is 1.86. The predicted molar refractivity (Wildman–Crippen MR) is 113 cm³/mol.